The highest BCUT2D eigenvalue weighted by Crippen LogP contribution is 2.26. The molecule has 1 aromatic heterocycles. The molecule has 0 bridgehead atoms. The van der Waals surface area contributed by atoms with E-state index in [1.54, 1.807) is 13.3 Å². The number of methoxy groups -OCH3 is 1. The summed E-state index contributed by atoms with van der Waals surface area (Å²) in [4.78, 5) is 6.50. The largest absolute Gasteiger partial charge is 0.385 e. The molecule has 2 heterocycles. The van der Waals surface area contributed by atoms with E-state index in [-0.39, 0.29) is 5.54 Å². The average molecular weight is 235 g/mol. The van der Waals surface area contributed by atoms with E-state index in [2.05, 4.69) is 16.0 Å². The summed E-state index contributed by atoms with van der Waals surface area (Å²) < 4.78 is 5.12. The molecule has 94 valence electrons. The summed E-state index contributed by atoms with van der Waals surface area (Å²) in [5.74, 6) is 0. The molecule has 2 N–H and O–H groups in total. The van der Waals surface area contributed by atoms with Crippen LogP contribution in [0.1, 0.15) is 19.3 Å². The minimum atomic E-state index is -0.0469. The minimum Gasteiger partial charge on any atom is -0.385 e. The van der Waals surface area contributed by atoms with Gasteiger partial charge < -0.3 is 15.4 Å². The van der Waals surface area contributed by atoms with E-state index in [0.29, 0.717) is 0 Å². The topological polar surface area (TPSA) is 51.4 Å². The summed E-state index contributed by atoms with van der Waals surface area (Å²) in [5, 5.41) is 0. The van der Waals surface area contributed by atoms with E-state index in [1.165, 1.54) is 5.69 Å². The van der Waals surface area contributed by atoms with Crippen molar-refractivity contribution in [1.82, 2.24) is 4.98 Å². The molecular formula is C13H21N3O. The van der Waals surface area contributed by atoms with Gasteiger partial charge in [0.25, 0.3) is 0 Å². The molecule has 1 aromatic rings. The highest BCUT2D eigenvalue weighted by atomic mass is 16.5. The molecule has 1 fully saturated rings. The molecule has 0 aromatic carbocycles. The zero-order valence-corrected chi connectivity index (χ0v) is 10.4. The Bertz CT molecular complexity index is 334. The second-order valence-corrected chi connectivity index (χ2v) is 4.80. The van der Waals surface area contributed by atoms with Crippen LogP contribution in [-0.2, 0) is 4.74 Å². The van der Waals surface area contributed by atoms with Crippen LogP contribution in [0.25, 0.3) is 0 Å². The van der Waals surface area contributed by atoms with Crippen LogP contribution in [0.3, 0.4) is 0 Å². The van der Waals surface area contributed by atoms with Crippen molar-refractivity contribution in [2.24, 2.45) is 5.73 Å². The van der Waals surface area contributed by atoms with Crippen molar-refractivity contribution in [3.05, 3.63) is 24.5 Å². The number of hydrogen-bond acceptors (Lipinski definition) is 4. The van der Waals surface area contributed by atoms with Gasteiger partial charge in [0.05, 0.1) is 11.9 Å². The Morgan fingerprint density at radius 3 is 2.82 bits per heavy atom. The van der Waals surface area contributed by atoms with E-state index in [9.17, 15) is 0 Å². The smallest absolute Gasteiger partial charge is 0.0552 e. The molecule has 1 aliphatic heterocycles. The third-order valence-corrected chi connectivity index (χ3v) is 3.57. The van der Waals surface area contributed by atoms with Gasteiger partial charge in [0.1, 0.15) is 0 Å². The summed E-state index contributed by atoms with van der Waals surface area (Å²) in [6.07, 6.45) is 6.71. The number of aromatic nitrogens is 1. The Labute approximate surface area is 103 Å². The van der Waals surface area contributed by atoms with Crippen molar-refractivity contribution in [2.75, 3.05) is 31.7 Å². The van der Waals surface area contributed by atoms with Crippen LogP contribution in [0.15, 0.2) is 24.5 Å². The second kappa shape index (κ2) is 5.47. The SMILES string of the molecule is COCCC1(N)CCN(c2cccnc2)CC1. The Morgan fingerprint density at radius 1 is 1.47 bits per heavy atom. The van der Waals surface area contributed by atoms with Crippen LogP contribution >= 0.6 is 0 Å². The number of nitrogens with two attached hydrogens (primary N) is 1. The molecule has 0 unspecified atom stereocenters. The maximum absolute atomic E-state index is 6.36. The number of anilines is 1. The van der Waals surface area contributed by atoms with E-state index in [0.717, 1.165) is 39.0 Å². The first kappa shape index (κ1) is 12.3. The first-order valence-corrected chi connectivity index (χ1v) is 6.16. The standard InChI is InChI=1S/C13H21N3O/c1-17-10-6-13(14)4-8-16(9-5-13)12-3-2-7-15-11-12/h2-3,7,11H,4-6,8-10,14H2,1H3. The Hall–Kier alpha value is -1.13. The van der Waals surface area contributed by atoms with Gasteiger partial charge in [-0.05, 0) is 31.4 Å². The van der Waals surface area contributed by atoms with Crippen LogP contribution in [0, 0.1) is 0 Å². The molecule has 1 saturated heterocycles. The van der Waals surface area contributed by atoms with Gasteiger partial charge in [0.2, 0.25) is 0 Å². The molecule has 0 aliphatic carbocycles. The third kappa shape index (κ3) is 3.17. The number of rotatable bonds is 4. The van der Waals surface area contributed by atoms with Gasteiger partial charge in [0, 0.05) is 38.5 Å². The first-order chi connectivity index (χ1) is 8.23. The third-order valence-electron chi connectivity index (χ3n) is 3.57. The minimum absolute atomic E-state index is 0.0469. The Kier molecular flexibility index (Phi) is 3.97. The highest BCUT2D eigenvalue weighted by molar-refractivity contribution is 5.44. The van der Waals surface area contributed by atoms with E-state index in [1.807, 2.05) is 12.3 Å². The highest BCUT2D eigenvalue weighted by Gasteiger charge is 2.30. The van der Waals surface area contributed by atoms with E-state index in [4.69, 9.17) is 10.5 Å². The van der Waals surface area contributed by atoms with Crippen LogP contribution in [-0.4, -0.2) is 37.3 Å². The average Bonchev–Trinajstić information content (AvgIpc) is 2.38. The van der Waals surface area contributed by atoms with Gasteiger partial charge in [0.15, 0.2) is 0 Å². The predicted molar refractivity (Wildman–Crippen MR) is 69.1 cm³/mol. The number of ether oxygens (including phenoxy) is 1. The molecule has 4 heteroatoms. The lowest BCUT2D eigenvalue weighted by atomic mass is 9.85. The van der Waals surface area contributed by atoms with Gasteiger partial charge >= 0.3 is 0 Å². The molecule has 2 rings (SSSR count). The molecular weight excluding hydrogens is 214 g/mol. The predicted octanol–water partition coefficient (Wildman–Crippen LogP) is 1.42. The van der Waals surface area contributed by atoms with Crippen molar-refractivity contribution in [1.29, 1.82) is 0 Å². The van der Waals surface area contributed by atoms with Crippen LogP contribution < -0.4 is 10.6 Å². The monoisotopic (exact) mass is 235 g/mol. The zero-order chi connectivity index (χ0) is 12.1. The van der Waals surface area contributed by atoms with Gasteiger partial charge in [-0.15, -0.1) is 0 Å². The molecule has 1 aliphatic rings. The number of nitrogens with zero attached hydrogens (tertiary/aromatic N) is 2. The summed E-state index contributed by atoms with van der Waals surface area (Å²) >= 11 is 0. The maximum Gasteiger partial charge on any atom is 0.0552 e. The maximum atomic E-state index is 6.36. The van der Waals surface area contributed by atoms with Gasteiger partial charge in [-0.3, -0.25) is 4.98 Å². The quantitative estimate of drug-likeness (QED) is 0.857. The fourth-order valence-electron chi connectivity index (χ4n) is 2.31. The molecule has 0 saturated carbocycles. The van der Waals surface area contributed by atoms with Gasteiger partial charge in [-0.2, -0.15) is 0 Å². The summed E-state index contributed by atoms with van der Waals surface area (Å²) in [6.45, 7) is 2.77. The first-order valence-electron chi connectivity index (χ1n) is 6.16. The molecule has 0 spiro atoms. The lowest BCUT2D eigenvalue weighted by Gasteiger charge is -2.40. The van der Waals surface area contributed by atoms with Crippen LogP contribution in [0.5, 0.6) is 0 Å². The van der Waals surface area contributed by atoms with Crippen molar-refractivity contribution in [3.63, 3.8) is 0 Å². The number of hydrogen-bond donors (Lipinski definition) is 1. The lowest BCUT2D eigenvalue weighted by Crippen LogP contribution is -2.51. The van der Waals surface area contributed by atoms with E-state index < -0.39 is 0 Å². The number of pyridine rings is 1. The normalized spacial score (nSPS) is 19.3. The molecule has 0 amide bonds. The Morgan fingerprint density at radius 2 is 2.24 bits per heavy atom. The summed E-state index contributed by atoms with van der Waals surface area (Å²) in [6, 6.07) is 4.08. The summed E-state index contributed by atoms with van der Waals surface area (Å²) in [5.41, 5.74) is 7.51. The van der Waals surface area contributed by atoms with E-state index >= 15 is 0 Å². The van der Waals surface area contributed by atoms with Crippen molar-refractivity contribution < 1.29 is 4.74 Å². The molecule has 17 heavy (non-hydrogen) atoms. The molecule has 0 radical (unpaired) electrons. The fourth-order valence-corrected chi connectivity index (χ4v) is 2.31. The lowest BCUT2D eigenvalue weighted by molar-refractivity contribution is 0.157. The molecule has 0 atom stereocenters. The Balaban J connectivity index is 1.90. The zero-order valence-electron chi connectivity index (χ0n) is 10.4. The van der Waals surface area contributed by atoms with Crippen molar-refractivity contribution in [2.45, 2.75) is 24.8 Å². The fraction of sp³-hybridized carbons (Fsp3) is 0.615. The summed E-state index contributed by atoms with van der Waals surface area (Å²) in [7, 11) is 1.73. The second-order valence-electron chi connectivity index (χ2n) is 4.80. The number of piperidine rings is 1. The van der Waals surface area contributed by atoms with Crippen molar-refractivity contribution >= 4 is 5.69 Å². The van der Waals surface area contributed by atoms with Gasteiger partial charge in [-0.1, -0.05) is 0 Å². The molecule has 4 nitrogen and oxygen atoms in total. The van der Waals surface area contributed by atoms with Crippen LogP contribution in [0.2, 0.25) is 0 Å². The van der Waals surface area contributed by atoms with Crippen LogP contribution in [0.4, 0.5) is 5.69 Å². The van der Waals surface area contributed by atoms with Crippen molar-refractivity contribution in [3.8, 4) is 0 Å². The van der Waals surface area contributed by atoms with Gasteiger partial charge in [-0.25, -0.2) is 0 Å².